The Labute approximate surface area is 35.8 Å². The largest absolute Gasteiger partial charge is 0.114 e. The number of hydrogen-bond donors (Lipinski definition) is 0. The molecule has 0 amide bonds. The van der Waals surface area contributed by atoms with E-state index in [1.165, 1.54) is 0 Å². The van der Waals surface area contributed by atoms with Crippen LogP contribution in [-0.4, -0.2) is 16.1 Å². The summed E-state index contributed by atoms with van der Waals surface area (Å²) >= 11 is 0. The average Bonchev–Trinajstić information content (AvgIpc) is 1.38. The lowest BCUT2D eigenvalue weighted by Crippen LogP contribution is -1.98. The van der Waals surface area contributed by atoms with Gasteiger partial charge in [-0.25, -0.2) is 0 Å². The Balaban J connectivity index is 2.83. The van der Waals surface area contributed by atoms with Crippen LogP contribution in [0.2, 0.25) is 6.55 Å². The maximum atomic E-state index is 5.31. The molecule has 0 aliphatic heterocycles. The molecule has 2 heteroatoms. The number of rotatable bonds is 1. The molecule has 0 aliphatic carbocycles. The van der Waals surface area contributed by atoms with Crippen LogP contribution in [-0.2, 0) is 0 Å². The van der Waals surface area contributed by atoms with E-state index in [1.54, 1.807) is 0 Å². The summed E-state index contributed by atoms with van der Waals surface area (Å²) in [5.74, 6) is 0. The maximum Gasteiger partial charge on any atom is 0.0578 e. The van der Waals surface area contributed by atoms with E-state index in [4.69, 9.17) is 7.44 Å². The van der Waals surface area contributed by atoms with E-state index < -0.39 is 8.67 Å². The first kappa shape index (κ1) is 5.02. The third-order valence-corrected chi connectivity index (χ3v) is 1.12. The van der Waals surface area contributed by atoms with Crippen LogP contribution >= 0.6 is 0 Å². The molecule has 1 unspecified atom stereocenters. The topological polar surface area (TPSA) is 0 Å². The Kier molecular flexibility index (Phi) is 2.28. The first-order chi connectivity index (χ1) is 2.27. The average molecular weight is 82.0 g/mol. The second-order valence-electron chi connectivity index (χ2n) is 1.09. The molecule has 26 valence electrons. The molecular weight excluding hydrogens is 74.9 g/mol. The van der Waals surface area contributed by atoms with Crippen LogP contribution < -0.4 is 0 Å². The Morgan fingerprint density at radius 2 is 2.20 bits per heavy atom. The zero-order valence-electron chi connectivity index (χ0n) is 3.44. The molecule has 0 bridgehead atoms. The van der Waals surface area contributed by atoms with Crippen molar-refractivity contribution < 1.29 is 0 Å². The van der Waals surface area contributed by atoms with Crippen LogP contribution in [0.25, 0.3) is 0 Å². The second-order valence-corrected chi connectivity index (χ2v) is 3.28. The molecule has 0 fully saturated rings. The van der Waals surface area contributed by atoms with Gasteiger partial charge in [0, 0.05) is 8.67 Å². The van der Waals surface area contributed by atoms with Crippen molar-refractivity contribution in [3.8, 4) is 0 Å². The maximum absolute atomic E-state index is 5.31. The summed E-state index contributed by atoms with van der Waals surface area (Å²) in [4.78, 5) is 0. The normalized spacial score (nSPS) is 13.8. The van der Waals surface area contributed by atoms with Crippen molar-refractivity contribution in [1.29, 1.82) is 0 Å². The molecule has 5 heavy (non-hydrogen) atoms. The van der Waals surface area contributed by atoms with Crippen molar-refractivity contribution in [3.05, 3.63) is 12.3 Å². The molecule has 0 heterocycles. The van der Waals surface area contributed by atoms with Gasteiger partial charge in [-0.3, -0.25) is 0 Å². The van der Waals surface area contributed by atoms with E-state index in [-0.39, 0.29) is 0 Å². The van der Waals surface area contributed by atoms with E-state index in [0.29, 0.717) is 0 Å². The highest BCUT2D eigenvalue weighted by Crippen LogP contribution is 1.66. The van der Waals surface area contributed by atoms with Crippen LogP contribution in [0.3, 0.4) is 0 Å². The SMILES string of the molecule is [B][SiH](C)C=C. The molecule has 0 saturated carbocycles. The van der Waals surface area contributed by atoms with Crippen molar-refractivity contribution in [2.45, 2.75) is 6.55 Å². The van der Waals surface area contributed by atoms with Crippen molar-refractivity contribution in [3.63, 3.8) is 0 Å². The van der Waals surface area contributed by atoms with Crippen molar-refractivity contribution >= 4 is 16.1 Å². The summed E-state index contributed by atoms with van der Waals surface area (Å²) in [6.07, 6.45) is 0. The van der Waals surface area contributed by atoms with Crippen LogP contribution in [0.4, 0.5) is 0 Å². The monoisotopic (exact) mass is 82.0 g/mol. The van der Waals surface area contributed by atoms with Gasteiger partial charge in [0.25, 0.3) is 0 Å². The van der Waals surface area contributed by atoms with E-state index in [9.17, 15) is 0 Å². The van der Waals surface area contributed by atoms with Gasteiger partial charge in [-0.2, -0.15) is 0 Å². The third kappa shape index (κ3) is 4.02. The molecule has 0 N–H and O–H groups in total. The molecule has 0 aromatic rings. The van der Waals surface area contributed by atoms with Crippen LogP contribution in [0.1, 0.15) is 0 Å². The van der Waals surface area contributed by atoms with Gasteiger partial charge < -0.3 is 0 Å². The van der Waals surface area contributed by atoms with Crippen molar-refractivity contribution in [2.75, 3.05) is 0 Å². The van der Waals surface area contributed by atoms with Crippen molar-refractivity contribution in [1.82, 2.24) is 0 Å². The Hall–Kier alpha value is 0.0218. The van der Waals surface area contributed by atoms with Crippen LogP contribution in [0, 0.1) is 0 Å². The second kappa shape index (κ2) is 2.27. The molecule has 0 aromatic carbocycles. The van der Waals surface area contributed by atoms with Gasteiger partial charge in [0.2, 0.25) is 0 Å². The summed E-state index contributed by atoms with van der Waals surface area (Å²) in [6, 6.07) is 0. The Morgan fingerprint density at radius 3 is 2.20 bits per heavy atom. The zero-order chi connectivity index (χ0) is 4.28. The van der Waals surface area contributed by atoms with Gasteiger partial charge in [0.05, 0.1) is 7.44 Å². The summed E-state index contributed by atoms with van der Waals surface area (Å²) in [5.41, 5.74) is 1.83. The Bertz CT molecular complexity index is 33.9. The van der Waals surface area contributed by atoms with Crippen molar-refractivity contribution in [2.24, 2.45) is 0 Å². The third-order valence-electron chi connectivity index (χ3n) is 0.372. The molecule has 0 saturated heterocycles. The van der Waals surface area contributed by atoms with Gasteiger partial charge in [-0.05, 0) is 0 Å². The van der Waals surface area contributed by atoms with E-state index >= 15 is 0 Å². The molecular formula is C3H7BSi. The minimum Gasteiger partial charge on any atom is -0.114 e. The fourth-order valence-corrected chi connectivity index (χ4v) is 0. The minimum absolute atomic E-state index is 0.886. The molecule has 1 atom stereocenters. The highest BCUT2D eigenvalue weighted by atomic mass is 28.3. The van der Waals surface area contributed by atoms with Crippen LogP contribution in [0.5, 0.6) is 0 Å². The fourth-order valence-electron chi connectivity index (χ4n) is 0. The first-order valence-corrected chi connectivity index (χ1v) is 4.14. The molecule has 0 aromatic heterocycles. The molecule has 2 radical (unpaired) electrons. The predicted octanol–water partition coefficient (Wildman–Crippen LogP) is 0.234. The van der Waals surface area contributed by atoms with Gasteiger partial charge in [0.1, 0.15) is 0 Å². The van der Waals surface area contributed by atoms with Crippen LogP contribution in [0.15, 0.2) is 12.3 Å². The summed E-state index contributed by atoms with van der Waals surface area (Å²) in [7, 11) is 4.43. The molecule has 0 aliphatic rings. The Morgan fingerprint density at radius 1 is 2.00 bits per heavy atom. The van der Waals surface area contributed by atoms with Gasteiger partial charge >= 0.3 is 0 Å². The lowest BCUT2D eigenvalue weighted by molar-refractivity contribution is 2.23. The summed E-state index contributed by atoms with van der Waals surface area (Å²) in [6.45, 7) is 5.52. The fraction of sp³-hybridized carbons (Fsp3) is 0.333. The minimum atomic E-state index is -0.886. The smallest absolute Gasteiger partial charge is 0.0578 e. The first-order valence-electron chi connectivity index (χ1n) is 1.65. The highest BCUT2D eigenvalue weighted by Gasteiger charge is 1.77. The van der Waals surface area contributed by atoms with E-state index in [2.05, 4.69) is 6.58 Å². The van der Waals surface area contributed by atoms with E-state index in [0.717, 1.165) is 0 Å². The van der Waals surface area contributed by atoms with Gasteiger partial charge in [-0.1, -0.05) is 6.55 Å². The molecule has 0 spiro atoms. The summed E-state index contributed by atoms with van der Waals surface area (Å²) < 4.78 is 0. The molecule has 0 rings (SSSR count). The quantitative estimate of drug-likeness (QED) is 0.397. The zero-order valence-corrected chi connectivity index (χ0v) is 4.59. The van der Waals surface area contributed by atoms with E-state index in [1.807, 2.05) is 12.2 Å². The predicted molar refractivity (Wildman–Crippen MR) is 29.0 cm³/mol. The molecule has 0 nitrogen and oxygen atoms in total. The standard InChI is InChI=1S/C3H7BSi/c1-3-5(2)4/h3,5H,1H2,2H3. The number of hydrogen-bond acceptors (Lipinski definition) is 0. The lowest BCUT2D eigenvalue weighted by Gasteiger charge is -1.81. The highest BCUT2D eigenvalue weighted by molar-refractivity contribution is 7.05. The van der Waals surface area contributed by atoms with Gasteiger partial charge in [-0.15, -0.1) is 12.3 Å². The lowest BCUT2D eigenvalue weighted by atomic mass is 10.7. The van der Waals surface area contributed by atoms with Gasteiger partial charge in [0.15, 0.2) is 0 Å². The summed E-state index contributed by atoms with van der Waals surface area (Å²) in [5, 5.41) is 0.